The molecule has 94 valence electrons. The van der Waals surface area contributed by atoms with Crippen LogP contribution in [0.4, 0.5) is 4.79 Å². The number of ether oxygens (including phenoxy) is 1. The first-order valence-corrected chi connectivity index (χ1v) is 7.10. The Bertz CT molecular complexity index is 553. The third-order valence-electron chi connectivity index (χ3n) is 2.35. The summed E-state index contributed by atoms with van der Waals surface area (Å²) >= 11 is 0. The van der Waals surface area contributed by atoms with Crippen molar-refractivity contribution < 1.29 is 17.9 Å². The molecule has 0 aliphatic carbocycles. The lowest BCUT2D eigenvalue weighted by molar-refractivity contribution is 0.130. The Morgan fingerprint density at radius 3 is 2.88 bits per heavy atom. The molecule has 1 saturated heterocycles. The number of amides is 1. The molecule has 1 amide bonds. The molecule has 1 aliphatic rings. The number of halogens is 1. The predicted molar refractivity (Wildman–Crippen MR) is 58.3 cm³/mol. The van der Waals surface area contributed by atoms with Crippen molar-refractivity contribution in [3.63, 3.8) is 0 Å². The maximum atomic E-state index is 11.1. The van der Waals surface area contributed by atoms with Gasteiger partial charge in [-0.1, -0.05) is 0 Å². The fraction of sp³-hybridized carbons (Fsp3) is 0.500. The van der Waals surface area contributed by atoms with Crippen LogP contribution in [0.2, 0.25) is 0 Å². The van der Waals surface area contributed by atoms with Crippen molar-refractivity contribution in [2.24, 2.45) is 0 Å². The van der Waals surface area contributed by atoms with E-state index in [1.807, 2.05) is 0 Å². The highest BCUT2D eigenvalue weighted by Crippen LogP contribution is 2.15. The molecule has 1 unspecified atom stereocenters. The van der Waals surface area contributed by atoms with Crippen LogP contribution in [0.5, 0.6) is 0 Å². The molecule has 2 heterocycles. The third-order valence-corrected chi connectivity index (χ3v) is 3.52. The van der Waals surface area contributed by atoms with Gasteiger partial charge in [0.05, 0.1) is 13.1 Å². The van der Waals surface area contributed by atoms with E-state index < -0.39 is 15.1 Å². The molecular formula is C8H10ClN3O4S. The van der Waals surface area contributed by atoms with Crippen molar-refractivity contribution in [2.75, 3.05) is 6.54 Å². The minimum atomic E-state index is -3.83. The molecule has 7 nitrogen and oxygen atoms in total. The van der Waals surface area contributed by atoms with Gasteiger partial charge < -0.3 is 14.6 Å². The van der Waals surface area contributed by atoms with Gasteiger partial charge in [-0.2, -0.15) is 0 Å². The van der Waals surface area contributed by atoms with E-state index in [1.54, 1.807) is 11.5 Å². The first kappa shape index (κ1) is 12.2. The van der Waals surface area contributed by atoms with Gasteiger partial charge in [0.15, 0.2) is 5.03 Å². The second-order valence-electron chi connectivity index (χ2n) is 3.62. The zero-order chi connectivity index (χ0) is 12.6. The first-order chi connectivity index (χ1) is 7.86. The lowest BCUT2D eigenvalue weighted by Gasteiger charge is -2.09. The van der Waals surface area contributed by atoms with Gasteiger partial charge in [-0.05, 0) is 6.92 Å². The van der Waals surface area contributed by atoms with Crippen LogP contribution in [0.15, 0.2) is 11.2 Å². The number of carbonyl (C=O) groups is 1. The van der Waals surface area contributed by atoms with E-state index >= 15 is 0 Å². The van der Waals surface area contributed by atoms with E-state index in [4.69, 9.17) is 15.4 Å². The summed E-state index contributed by atoms with van der Waals surface area (Å²) in [5.41, 5.74) is 0. The van der Waals surface area contributed by atoms with Crippen molar-refractivity contribution in [1.29, 1.82) is 0 Å². The zero-order valence-electron chi connectivity index (χ0n) is 8.88. The highest BCUT2D eigenvalue weighted by Gasteiger charge is 2.24. The van der Waals surface area contributed by atoms with Crippen LogP contribution in [-0.2, 0) is 20.3 Å². The monoisotopic (exact) mass is 279 g/mol. The summed E-state index contributed by atoms with van der Waals surface area (Å²) in [5.74, 6) is 0.493. The quantitative estimate of drug-likeness (QED) is 0.800. The van der Waals surface area contributed by atoms with E-state index in [-0.39, 0.29) is 11.1 Å². The SMILES string of the molecule is Cc1nc(S(=O)(=O)Cl)cn1CC1CNC(=O)O1. The van der Waals surface area contributed by atoms with Gasteiger partial charge in [-0.25, -0.2) is 18.2 Å². The fourth-order valence-corrected chi connectivity index (χ4v) is 2.25. The lowest BCUT2D eigenvalue weighted by Crippen LogP contribution is -2.20. The first-order valence-electron chi connectivity index (χ1n) is 4.79. The lowest BCUT2D eigenvalue weighted by atomic mass is 10.3. The van der Waals surface area contributed by atoms with Gasteiger partial charge in [0, 0.05) is 16.9 Å². The van der Waals surface area contributed by atoms with Gasteiger partial charge in [0.2, 0.25) is 0 Å². The summed E-state index contributed by atoms with van der Waals surface area (Å²) in [6.45, 7) is 2.37. The van der Waals surface area contributed by atoms with Crippen molar-refractivity contribution in [3.8, 4) is 0 Å². The summed E-state index contributed by atoms with van der Waals surface area (Å²) in [6, 6.07) is 0. The average Bonchev–Trinajstić information content (AvgIpc) is 2.74. The Morgan fingerprint density at radius 1 is 1.71 bits per heavy atom. The number of nitrogens with one attached hydrogen (secondary N) is 1. The minimum Gasteiger partial charge on any atom is -0.442 e. The summed E-state index contributed by atoms with van der Waals surface area (Å²) in [7, 11) is 1.35. The number of aromatic nitrogens is 2. The maximum absolute atomic E-state index is 11.1. The molecule has 1 aromatic heterocycles. The summed E-state index contributed by atoms with van der Waals surface area (Å²) < 4.78 is 28.7. The molecule has 1 aliphatic heterocycles. The van der Waals surface area contributed by atoms with Gasteiger partial charge in [-0.3, -0.25) is 0 Å². The van der Waals surface area contributed by atoms with Crippen molar-refractivity contribution in [3.05, 3.63) is 12.0 Å². The summed E-state index contributed by atoms with van der Waals surface area (Å²) in [5, 5.41) is 2.31. The van der Waals surface area contributed by atoms with E-state index in [9.17, 15) is 13.2 Å². The smallest absolute Gasteiger partial charge is 0.407 e. The number of nitrogens with zero attached hydrogens (tertiary/aromatic N) is 2. The molecule has 2 rings (SSSR count). The Kier molecular flexibility index (Phi) is 3.00. The number of carbonyl (C=O) groups excluding carboxylic acids is 1. The summed E-state index contributed by atoms with van der Waals surface area (Å²) in [4.78, 5) is 14.6. The maximum Gasteiger partial charge on any atom is 0.407 e. The number of alkyl carbamates (subject to hydrolysis) is 1. The number of hydrogen-bond donors (Lipinski definition) is 1. The van der Waals surface area contributed by atoms with E-state index in [0.717, 1.165) is 0 Å². The Balaban J connectivity index is 2.17. The van der Waals surface area contributed by atoms with Crippen LogP contribution in [0.3, 0.4) is 0 Å². The molecule has 0 aromatic carbocycles. The number of imidazole rings is 1. The molecule has 1 fully saturated rings. The van der Waals surface area contributed by atoms with Crippen molar-refractivity contribution in [2.45, 2.75) is 24.6 Å². The molecule has 0 bridgehead atoms. The van der Waals surface area contributed by atoms with Crippen LogP contribution in [0.25, 0.3) is 0 Å². The number of rotatable bonds is 3. The Labute approximate surface area is 102 Å². The Morgan fingerprint density at radius 2 is 2.41 bits per heavy atom. The standard InChI is InChI=1S/C8H10ClN3O4S/c1-5-11-7(17(9,14)15)4-12(5)3-6-2-10-8(13)16-6/h4,6H,2-3H2,1H3,(H,10,13). The van der Waals surface area contributed by atoms with Gasteiger partial charge in [0.1, 0.15) is 11.9 Å². The number of hydrogen-bond acceptors (Lipinski definition) is 5. The molecular weight excluding hydrogens is 270 g/mol. The fourth-order valence-electron chi connectivity index (χ4n) is 1.53. The van der Waals surface area contributed by atoms with Crippen molar-refractivity contribution in [1.82, 2.24) is 14.9 Å². The molecule has 1 atom stereocenters. The molecule has 0 spiro atoms. The number of aryl methyl sites for hydroxylation is 1. The average molecular weight is 280 g/mol. The highest BCUT2D eigenvalue weighted by molar-refractivity contribution is 8.13. The third kappa shape index (κ3) is 2.70. The molecule has 1 N–H and O–H groups in total. The topological polar surface area (TPSA) is 90.3 Å². The van der Waals surface area contributed by atoms with Crippen LogP contribution < -0.4 is 5.32 Å². The summed E-state index contributed by atoms with van der Waals surface area (Å²) in [6.07, 6.45) is 0.517. The van der Waals surface area contributed by atoms with Gasteiger partial charge in [-0.15, -0.1) is 0 Å². The molecule has 17 heavy (non-hydrogen) atoms. The van der Waals surface area contributed by atoms with E-state index in [2.05, 4.69) is 10.3 Å². The molecule has 0 saturated carbocycles. The second-order valence-corrected chi connectivity index (χ2v) is 6.14. The number of cyclic esters (lactones) is 1. The highest BCUT2D eigenvalue weighted by atomic mass is 35.7. The van der Waals surface area contributed by atoms with Crippen LogP contribution in [-0.4, -0.2) is 36.7 Å². The van der Waals surface area contributed by atoms with Gasteiger partial charge >= 0.3 is 6.09 Å². The van der Waals surface area contributed by atoms with Crippen LogP contribution in [0, 0.1) is 6.92 Å². The Hall–Kier alpha value is -1.28. The van der Waals surface area contributed by atoms with Crippen LogP contribution in [0.1, 0.15) is 5.82 Å². The van der Waals surface area contributed by atoms with E-state index in [1.165, 1.54) is 6.20 Å². The largest absolute Gasteiger partial charge is 0.442 e. The molecule has 0 radical (unpaired) electrons. The minimum absolute atomic E-state index is 0.200. The normalized spacial score (nSPS) is 20.1. The second kappa shape index (κ2) is 4.19. The van der Waals surface area contributed by atoms with Crippen molar-refractivity contribution >= 4 is 25.8 Å². The zero-order valence-corrected chi connectivity index (χ0v) is 10.5. The predicted octanol–water partition coefficient (Wildman–Crippen LogP) is 0.227. The molecule has 1 aromatic rings. The van der Waals surface area contributed by atoms with Gasteiger partial charge in [0.25, 0.3) is 9.05 Å². The van der Waals surface area contributed by atoms with E-state index in [0.29, 0.717) is 18.9 Å². The van der Waals surface area contributed by atoms with Crippen LogP contribution >= 0.6 is 10.7 Å². The molecule has 9 heteroatoms.